The minimum absolute atomic E-state index is 0.130. The molecule has 0 atom stereocenters. The second-order valence-corrected chi connectivity index (χ2v) is 8.67. The van der Waals surface area contributed by atoms with Crippen LogP contribution >= 0.6 is 23.4 Å². The van der Waals surface area contributed by atoms with Gasteiger partial charge >= 0.3 is 0 Å². The van der Waals surface area contributed by atoms with Gasteiger partial charge in [-0.15, -0.1) is 10.2 Å². The number of carbonyl (C=O) groups excluding carboxylic acids is 1. The van der Waals surface area contributed by atoms with Crippen molar-refractivity contribution in [3.8, 4) is 11.4 Å². The monoisotopic (exact) mass is 506 g/mol. The zero-order valence-electron chi connectivity index (χ0n) is 18.9. The fourth-order valence-electron chi connectivity index (χ4n) is 3.16. The molecular formula is C25H23ClN6O2S. The van der Waals surface area contributed by atoms with Gasteiger partial charge in [0.05, 0.1) is 25.6 Å². The number of carbonyl (C=O) groups is 1. The van der Waals surface area contributed by atoms with Crippen molar-refractivity contribution in [2.24, 2.45) is 5.10 Å². The van der Waals surface area contributed by atoms with Crippen LogP contribution in [0.25, 0.3) is 5.69 Å². The maximum atomic E-state index is 12.4. The Morgan fingerprint density at radius 2 is 1.89 bits per heavy atom. The van der Waals surface area contributed by atoms with E-state index in [-0.39, 0.29) is 11.7 Å². The molecule has 4 aromatic rings. The number of anilines is 1. The Labute approximate surface area is 212 Å². The number of nitrogens with one attached hydrogen (secondary N) is 2. The smallest absolute Gasteiger partial charge is 0.250 e. The van der Waals surface area contributed by atoms with Gasteiger partial charge in [-0.1, -0.05) is 53.7 Å². The summed E-state index contributed by atoms with van der Waals surface area (Å²) in [5.41, 5.74) is 5.19. The van der Waals surface area contributed by atoms with E-state index in [1.807, 2.05) is 83.4 Å². The number of amides is 1. The number of aromatic nitrogens is 3. The van der Waals surface area contributed by atoms with Crippen LogP contribution in [-0.4, -0.2) is 39.7 Å². The average molecular weight is 507 g/mol. The molecule has 4 rings (SSSR count). The van der Waals surface area contributed by atoms with Gasteiger partial charge < -0.3 is 10.1 Å². The summed E-state index contributed by atoms with van der Waals surface area (Å²) in [5, 5.41) is 17.3. The predicted molar refractivity (Wildman–Crippen MR) is 140 cm³/mol. The summed E-state index contributed by atoms with van der Waals surface area (Å²) in [5.74, 6) is 1.31. The van der Waals surface area contributed by atoms with Crippen LogP contribution in [-0.2, 0) is 11.3 Å². The largest absolute Gasteiger partial charge is 0.497 e. The lowest BCUT2D eigenvalue weighted by Crippen LogP contribution is -2.20. The second kappa shape index (κ2) is 12.0. The molecule has 8 nitrogen and oxygen atoms in total. The lowest BCUT2D eigenvalue weighted by molar-refractivity contribution is -0.118. The minimum atomic E-state index is -0.252. The third-order valence-electron chi connectivity index (χ3n) is 4.84. The van der Waals surface area contributed by atoms with E-state index in [1.54, 1.807) is 13.3 Å². The van der Waals surface area contributed by atoms with Crippen LogP contribution in [0.5, 0.6) is 5.75 Å². The summed E-state index contributed by atoms with van der Waals surface area (Å²) in [7, 11) is 1.60. The quantitative estimate of drug-likeness (QED) is 0.182. The van der Waals surface area contributed by atoms with E-state index >= 15 is 0 Å². The van der Waals surface area contributed by atoms with Gasteiger partial charge in [-0.05, 0) is 54.1 Å². The molecule has 0 radical (unpaired) electrons. The molecule has 0 aliphatic heterocycles. The number of benzene rings is 3. The molecule has 3 aromatic carbocycles. The maximum Gasteiger partial charge on any atom is 0.250 e. The Morgan fingerprint density at radius 3 is 2.66 bits per heavy atom. The van der Waals surface area contributed by atoms with Gasteiger partial charge in [0.2, 0.25) is 0 Å². The SMILES string of the molecule is COc1cccc(/C=N/NC(=O)CSc2nnc(CNc3ccc(Cl)cc3)n2-c2ccccc2)c1. The van der Waals surface area contributed by atoms with Gasteiger partial charge in [-0.3, -0.25) is 9.36 Å². The Balaban J connectivity index is 1.41. The summed E-state index contributed by atoms with van der Waals surface area (Å²) in [6.07, 6.45) is 1.57. The number of hydrogen-bond donors (Lipinski definition) is 2. The molecule has 0 fully saturated rings. The number of para-hydroxylation sites is 1. The molecule has 0 saturated heterocycles. The van der Waals surface area contributed by atoms with Crippen LogP contribution in [0.4, 0.5) is 5.69 Å². The van der Waals surface area contributed by atoms with Crippen LogP contribution in [0, 0.1) is 0 Å². The summed E-state index contributed by atoms with van der Waals surface area (Å²) in [4.78, 5) is 12.4. The molecule has 0 bridgehead atoms. The van der Waals surface area contributed by atoms with Crippen molar-refractivity contribution in [2.45, 2.75) is 11.7 Å². The number of halogens is 1. The first kappa shape index (κ1) is 24.3. The number of nitrogens with zero attached hydrogens (tertiary/aromatic N) is 4. The van der Waals surface area contributed by atoms with E-state index in [4.69, 9.17) is 16.3 Å². The van der Waals surface area contributed by atoms with E-state index in [1.165, 1.54) is 11.8 Å². The van der Waals surface area contributed by atoms with Gasteiger partial charge in [0.1, 0.15) is 5.75 Å². The molecule has 0 saturated carbocycles. The summed E-state index contributed by atoms with van der Waals surface area (Å²) < 4.78 is 7.12. The molecule has 0 spiro atoms. The molecular weight excluding hydrogens is 484 g/mol. The van der Waals surface area contributed by atoms with Crippen molar-refractivity contribution in [3.63, 3.8) is 0 Å². The normalized spacial score (nSPS) is 10.9. The van der Waals surface area contributed by atoms with Crippen LogP contribution in [0.2, 0.25) is 5.02 Å². The first-order chi connectivity index (χ1) is 17.1. The minimum Gasteiger partial charge on any atom is -0.497 e. The number of hydrazone groups is 1. The lowest BCUT2D eigenvalue weighted by Gasteiger charge is -2.11. The number of hydrogen-bond acceptors (Lipinski definition) is 7. The lowest BCUT2D eigenvalue weighted by atomic mass is 10.2. The van der Waals surface area contributed by atoms with Crippen LogP contribution in [0.1, 0.15) is 11.4 Å². The molecule has 0 aliphatic rings. The maximum absolute atomic E-state index is 12.4. The van der Waals surface area contributed by atoms with Crippen molar-refractivity contribution < 1.29 is 9.53 Å². The summed E-state index contributed by atoms with van der Waals surface area (Å²) >= 11 is 7.25. The molecule has 178 valence electrons. The van der Waals surface area contributed by atoms with Gasteiger partial charge in [-0.2, -0.15) is 5.10 Å². The fraction of sp³-hybridized carbons (Fsp3) is 0.120. The van der Waals surface area contributed by atoms with Crippen molar-refractivity contribution in [1.82, 2.24) is 20.2 Å². The van der Waals surface area contributed by atoms with Gasteiger partial charge in [0.25, 0.3) is 5.91 Å². The van der Waals surface area contributed by atoms with E-state index in [9.17, 15) is 4.79 Å². The van der Waals surface area contributed by atoms with Gasteiger partial charge in [0, 0.05) is 16.4 Å². The van der Waals surface area contributed by atoms with Crippen molar-refractivity contribution in [2.75, 3.05) is 18.2 Å². The Hall–Kier alpha value is -3.82. The number of rotatable bonds is 10. The van der Waals surface area contributed by atoms with Crippen LogP contribution < -0.4 is 15.5 Å². The zero-order chi connectivity index (χ0) is 24.5. The van der Waals surface area contributed by atoms with Crippen LogP contribution in [0.3, 0.4) is 0 Å². The topological polar surface area (TPSA) is 93.4 Å². The average Bonchev–Trinajstić information content (AvgIpc) is 3.30. The molecule has 2 N–H and O–H groups in total. The highest BCUT2D eigenvalue weighted by Crippen LogP contribution is 2.23. The van der Waals surface area contributed by atoms with Crippen LogP contribution in [0.15, 0.2) is 89.1 Å². The Bertz CT molecular complexity index is 1300. The standard InChI is InChI=1S/C25H23ClN6O2S/c1-34-22-9-5-6-18(14-22)15-28-30-24(33)17-35-25-31-29-23(32(25)21-7-3-2-4-8-21)16-27-20-12-10-19(26)11-13-20/h2-15,27H,16-17H2,1H3,(H,30,33)/b28-15+. The first-order valence-electron chi connectivity index (χ1n) is 10.7. The van der Waals surface area contributed by atoms with Gasteiger partial charge in [0.15, 0.2) is 11.0 Å². The highest BCUT2D eigenvalue weighted by atomic mass is 35.5. The summed E-state index contributed by atoms with van der Waals surface area (Å²) in [6.45, 7) is 0.446. The number of ether oxygens (including phenoxy) is 1. The summed E-state index contributed by atoms with van der Waals surface area (Å²) in [6, 6.07) is 24.6. The molecule has 10 heteroatoms. The second-order valence-electron chi connectivity index (χ2n) is 7.29. The molecule has 1 amide bonds. The molecule has 35 heavy (non-hydrogen) atoms. The predicted octanol–water partition coefficient (Wildman–Crippen LogP) is 4.78. The molecule has 1 aromatic heterocycles. The molecule has 0 unspecified atom stereocenters. The zero-order valence-corrected chi connectivity index (χ0v) is 20.5. The number of methoxy groups -OCH3 is 1. The Kier molecular flexibility index (Phi) is 8.37. The van der Waals surface area contributed by atoms with E-state index in [2.05, 4.69) is 26.0 Å². The first-order valence-corrected chi connectivity index (χ1v) is 12.1. The van der Waals surface area contributed by atoms with E-state index in [0.717, 1.165) is 22.7 Å². The van der Waals surface area contributed by atoms with Crippen molar-refractivity contribution in [3.05, 3.63) is 95.3 Å². The van der Waals surface area contributed by atoms with E-state index < -0.39 is 0 Å². The van der Waals surface area contributed by atoms with Gasteiger partial charge in [-0.25, -0.2) is 5.43 Å². The van der Waals surface area contributed by atoms with Crippen molar-refractivity contribution >= 4 is 41.2 Å². The van der Waals surface area contributed by atoms with E-state index in [0.29, 0.717) is 22.5 Å². The number of thioether (sulfide) groups is 1. The molecule has 1 heterocycles. The third-order valence-corrected chi connectivity index (χ3v) is 6.02. The molecule has 0 aliphatic carbocycles. The Morgan fingerprint density at radius 1 is 1.09 bits per heavy atom. The third kappa shape index (κ3) is 6.84. The van der Waals surface area contributed by atoms with Crippen molar-refractivity contribution in [1.29, 1.82) is 0 Å². The highest BCUT2D eigenvalue weighted by molar-refractivity contribution is 7.99. The fourth-order valence-corrected chi connectivity index (χ4v) is 4.05. The highest BCUT2D eigenvalue weighted by Gasteiger charge is 2.15.